The Labute approximate surface area is 108 Å². The van der Waals surface area contributed by atoms with Gasteiger partial charge in [-0.05, 0) is 44.0 Å². The fraction of sp³-hybridized carbons (Fsp3) is 0.571. The number of halogens is 1. The van der Waals surface area contributed by atoms with Crippen LogP contribution in [-0.2, 0) is 0 Å². The van der Waals surface area contributed by atoms with Gasteiger partial charge in [-0.25, -0.2) is 4.39 Å². The van der Waals surface area contributed by atoms with Crippen molar-refractivity contribution in [2.45, 2.75) is 32.2 Å². The maximum absolute atomic E-state index is 13.2. The van der Waals surface area contributed by atoms with Crippen molar-refractivity contribution < 1.29 is 4.39 Å². The Bertz CT molecular complexity index is 387. The normalized spacial score (nSPS) is 17.9. The number of hydrogen-bond acceptors (Lipinski definition) is 3. The molecule has 1 saturated heterocycles. The van der Waals surface area contributed by atoms with E-state index < -0.39 is 0 Å². The van der Waals surface area contributed by atoms with Crippen molar-refractivity contribution in [3.8, 4) is 0 Å². The molecule has 0 unspecified atom stereocenters. The zero-order valence-electron chi connectivity index (χ0n) is 11.0. The molecule has 0 aliphatic carbocycles. The van der Waals surface area contributed by atoms with Gasteiger partial charge >= 0.3 is 0 Å². The van der Waals surface area contributed by atoms with Gasteiger partial charge in [0, 0.05) is 19.1 Å². The van der Waals surface area contributed by atoms with Crippen LogP contribution in [-0.4, -0.2) is 30.6 Å². The first-order chi connectivity index (χ1) is 8.69. The Balaban J connectivity index is 1.89. The molecule has 100 valence electrons. The number of rotatable bonds is 4. The highest BCUT2D eigenvalue weighted by molar-refractivity contribution is 5.66. The van der Waals surface area contributed by atoms with Crippen LogP contribution in [0.4, 0.5) is 15.8 Å². The summed E-state index contributed by atoms with van der Waals surface area (Å²) >= 11 is 0. The predicted molar refractivity (Wildman–Crippen MR) is 74.2 cm³/mol. The molecule has 1 aromatic rings. The summed E-state index contributed by atoms with van der Waals surface area (Å²) in [6, 6.07) is 4.89. The molecule has 0 atom stereocenters. The van der Waals surface area contributed by atoms with E-state index in [0.717, 1.165) is 31.6 Å². The Kier molecular flexibility index (Phi) is 4.42. The van der Waals surface area contributed by atoms with Crippen molar-refractivity contribution in [1.82, 2.24) is 4.90 Å². The Morgan fingerprint density at radius 1 is 1.39 bits per heavy atom. The average molecular weight is 251 g/mol. The van der Waals surface area contributed by atoms with Crippen LogP contribution in [0.15, 0.2) is 18.2 Å². The van der Waals surface area contributed by atoms with Crippen molar-refractivity contribution in [3.63, 3.8) is 0 Å². The van der Waals surface area contributed by atoms with E-state index in [4.69, 9.17) is 5.73 Å². The fourth-order valence-corrected chi connectivity index (χ4v) is 2.49. The monoisotopic (exact) mass is 251 g/mol. The second kappa shape index (κ2) is 6.05. The van der Waals surface area contributed by atoms with E-state index in [1.54, 1.807) is 6.07 Å². The summed E-state index contributed by atoms with van der Waals surface area (Å²) in [4.78, 5) is 2.48. The van der Waals surface area contributed by atoms with Gasteiger partial charge in [-0.2, -0.15) is 0 Å². The standard InChI is InChI=1S/C14H22FN3/c1-2-7-18-8-5-12(6-9-18)17-14-10-11(15)3-4-13(14)16/h3-4,10,12,17H,2,5-9,16H2,1H3. The van der Waals surface area contributed by atoms with Crippen molar-refractivity contribution in [3.05, 3.63) is 24.0 Å². The lowest BCUT2D eigenvalue weighted by atomic mass is 10.0. The van der Waals surface area contributed by atoms with Crippen molar-refractivity contribution >= 4 is 11.4 Å². The number of piperidine rings is 1. The average Bonchev–Trinajstić information content (AvgIpc) is 2.37. The summed E-state index contributed by atoms with van der Waals surface area (Å²) in [6.45, 7) is 5.61. The maximum atomic E-state index is 13.2. The topological polar surface area (TPSA) is 41.3 Å². The molecule has 0 bridgehead atoms. The maximum Gasteiger partial charge on any atom is 0.125 e. The molecule has 0 radical (unpaired) electrons. The molecule has 0 amide bonds. The number of benzene rings is 1. The minimum Gasteiger partial charge on any atom is -0.397 e. The van der Waals surface area contributed by atoms with Gasteiger partial charge < -0.3 is 16.0 Å². The van der Waals surface area contributed by atoms with Crippen LogP contribution in [0, 0.1) is 5.82 Å². The first kappa shape index (κ1) is 13.1. The molecule has 4 heteroatoms. The molecule has 3 nitrogen and oxygen atoms in total. The van der Waals surface area contributed by atoms with Gasteiger partial charge in [-0.3, -0.25) is 0 Å². The third-order valence-corrected chi connectivity index (χ3v) is 3.50. The highest BCUT2D eigenvalue weighted by Gasteiger charge is 2.18. The molecular formula is C14H22FN3. The summed E-state index contributed by atoms with van der Waals surface area (Å²) in [7, 11) is 0. The van der Waals surface area contributed by atoms with Crippen molar-refractivity contribution in [2.75, 3.05) is 30.7 Å². The largest absolute Gasteiger partial charge is 0.397 e. The lowest BCUT2D eigenvalue weighted by Crippen LogP contribution is -2.39. The summed E-state index contributed by atoms with van der Waals surface area (Å²) in [5.74, 6) is -0.241. The number of nitrogen functional groups attached to an aromatic ring is 1. The summed E-state index contributed by atoms with van der Waals surface area (Å²) < 4.78 is 13.2. The van der Waals surface area contributed by atoms with E-state index in [-0.39, 0.29) is 5.82 Å². The lowest BCUT2D eigenvalue weighted by Gasteiger charge is -2.32. The van der Waals surface area contributed by atoms with Gasteiger partial charge in [-0.1, -0.05) is 6.92 Å². The number of nitrogens with zero attached hydrogens (tertiary/aromatic N) is 1. The highest BCUT2D eigenvalue weighted by atomic mass is 19.1. The van der Waals surface area contributed by atoms with Crippen LogP contribution < -0.4 is 11.1 Å². The molecule has 1 aromatic carbocycles. The van der Waals surface area contributed by atoms with Crippen molar-refractivity contribution in [1.29, 1.82) is 0 Å². The predicted octanol–water partition coefficient (Wildman–Crippen LogP) is 2.69. The van der Waals surface area contributed by atoms with E-state index in [9.17, 15) is 4.39 Å². The van der Waals surface area contributed by atoms with E-state index >= 15 is 0 Å². The van der Waals surface area contributed by atoms with Gasteiger partial charge in [0.05, 0.1) is 11.4 Å². The minimum absolute atomic E-state index is 0.241. The van der Waals surface area contributed by atoms with Gasteiger partial charge in [0.1, 0.15) is 5.82 Å². The van der Waals surface area contributed by atoms with Gasteiger partial charge in [-0.15, -0.1) is 0 Å². The Morgan fingerprint density at radius 3 is 2.78 bits per heavy atom. The molecule has 1 heterocycles. The van der Waals surface area contributed by atoms with Crippen molar-refractivity contribution in [2.24, 2.45) is 0 Å². The van der Waals surface area contributed by atoms with E-state index in [1.165, 1.54) is 25.1 Å². The highest BCUT2D eigenvalue weighted by Crippen LogP contribution is 2.23. The van der Waals surface area contributed by atoms with Crippen LogP contribution in [0.5, 0.6) is 0 Å². The summed E-state index contributed by atoms with van der Waals surface area (Å²) in [6.07, 6.45) is 3.39. The molecular weight excluding hydrogens is 229 g/mol. The van der Waals surface area contributed by atoms with Crippen LogP contribution in [0.2, 0.25) is 0 Å². The van der Waals surface area contributed by atoms with Crippen LogP contribution in [0.3, 0.4) is 0 Å². The number of hydrogen-bond donors (Lipinski definition) is 2. The molecule has 1 aliphatic heterocycles. The number of likely N-dealkylation sites (tertiary alicyclic amines) is 1. The second-order valence-corrected chi connectivity index (χ2v) is 4.99. The number of anilines is 2. The Hall–Kier alpha value is -1.29. The number of nitrogens with two attached hydrogens (primary N) is 1. The third-order valence-electron chi connectivity index (χ3n) is 3.50. The SMILES string of the molecule is CCCN1CCC(Nc2cc(F)ccc2N)CC1. The molecule has 2 rings (SSSR count). The first-order valence-corrected chi connectivity index (χ1v) is 6.73. The van der Waals surface area contributed by atoms with E-state index in [1.807, 2.05) is 0 Å². The van der Waals surface area contributed by atoms with E-state index in [2.05, 4.69) is 17.1 Å². The third kappa shape index (κ3) is 3.35. The minimum atomic E-state index is -0.241. The zero-order valence-corrected chi connectivity index (χ0v) is 11.0. The molecule has 18 heavy (non-hydrogen) atoms. The van der Waals surface area contributed by atoms with Gasteiger partial charge in [0.2, 0.25) is 0 Å². The van der Waals surface area contributed by atoms with E-state index in [0.29, 0.717) is 11.7 Å². The Morgan fingerprint density at radius 2 is 2.11 bits per heavy atom. The molecule has 0 spiro atoms. The second-order valence-electron chi connectivity index (χ2n) is 4.99. The summed E-state index contributed by atoms with van der Waals surface area (Å²) in [5, 5.41) is 3.36. The number of nitrogens with one attached hydrogen (secondary N) is 1. The van der Waals surface area contributed by atoms with Crippen LogP contribution >= 0.6 is 0 Å². The quantitative estimate of drug-likeness (QED) is 0.808. The molecule has 0 aromatic heterocycles. The molecule has 1 fully saturated rings. The fourth-order valence-electron chi connectivity index (χ4n) is 2.49. The molecule has 3 N–H and O–H groups in total. The lowest BCUT2D eigenvalue weighted by molar-refractivity contribution is 0.219. The van der Waals surface area contributed by atoms with Gasteiger partial charge in [0.15, 0.2) is 0 Å². The summed E-state index contributed by atoms with van der Waals surface area (Å²) in [5.41, 5.74) is 7.19. The first-order valence-electron chi connectivity index (χ1n) is 6.73. The van der Waals surface area contributed by atoms with Crippen LogP contribution in [0.1, 0.15) is 26.2 Å². The van der Waals surface area contributed by atoms with Crippen LogP contribution in [0.25, 0.3) is 0 Å². The molecule has 0 saturated carbocycles. The zero-order chi connectivity index (χ0) is 13.0. The van der Waals surface area contributed by atoms with Gasteiger partial charge in [0.25, 0.3) is 0 Å². The molecule has 1 aliphatic rings. The smallest absolute Gasteiger partial charge is 0.125 e.